The zero-order chi connectivity index (χ0) is 13.7. The van der Waals surface area contributed by atoms with Gasteiger partial charge in [-0.25, -0.2) is 0 Å². The van der Waals surface area contributed by atoms with Gasteiger partial charge in [-0.1, -0.05) is 13.8 Å². The van der Waals surface area contributed by atoms with E-state index in [-0.39, 0.29) is 22.5 Å². The average Bonchev–Trinajstić information content (AvgIpc) is 2.37. The van der Waals surface area contributed by atoms with Gasteiger partial charge in [0.05, 0.1) is 10.7 Å². The summed E-state index contributed by atoms with van der Waals surface area (Å²) < 4.78 is 11.7. The van der Waals surface area contributed by atoms with Crippen LogP contribution >= 0.6 is 0 Å². The monoisotopic (exact) mass is 269 g/mol. The van der Waals surface area contributed by atoms with Gasteiger partial charge in [0, 0.05) is 33.7 Å². The quantitative estimate of drug-likeness (QED) is 0.451. The number of rotatable bonds is 6. The first-order valence-electron chi connectivity index (χ1n) is 5.60. The highest BCUT2D eigenvalue weighted by Crippen LogP contribution is 2.13. The molecule has 0 aliphatic rings. The molecule has 0 amide bonds. The second-order valence-corrected chi connectivity index (χ2v) is 5.83. The third-order valence-corrected chi connectivity index (χ3v) is 4.47. The summed E-state index contributed by atoms with van der Waals surface area (Å²) in [4.78, 5) is 21.7. The van der Waals surface area contributed by atoms with Crippen molar-refractivity contribution in [1.29, 1.82) is 0 Å². The first-order chi connectivity index (χ1) is 8.45. The topological polar surface area (TPSA) is 77.3 Å². The predicted octanol–water partition coefficient (Wildman–Crippen LogP) is 2.32. The van der Waals surface area contributed by atoms with E-state index < -0.39 is 15.7 Å². The molecule has 18 heavy (non-hydrogen) atoms. The molecule has 0 saturated carbocycles. The molecular formula is C12H15NO4S. The zero-order valence-electron chi connectivity index (χ0n) is 10.3. The van der Waals surface area contributed by atoms with Gasteiger partial charge in [-0.2, -0.15) is 0 Å². The number of hydrogen-bond acceptors (Lipinski definition) is 4. The van der Waals surface area contributed by atoms with Crippen molar-refractivity contribution in [3.8, 4) is 0 Å². The summed E-state index contributed by atoms with van der Waals surface area (Å²) in [6.07, 6.45) is 0.750. The fraction of sp³-hybridized carbons (Fsp3) is 0.417. The number of non-ortho nitro benzene ring substituents is 1. The van der Waals surface area contributed by atoms with Crippen molar-refractivity contribution in [3.63, 3.8) is 0 Å². The molecule has 1 rings (SSSR count). The number of carbonyl (C=O) groups excluding carboxylic acids is 1. The van der Waals surface area contributed by atoms with Crippen LogP contribution in [0, 0.1) is 10.1 Å². The second-order valence-electron chi connectivity index (χ2n) is 3.97. The van der Waals surface area contributed by atoms with Gasteiger partial charge in [0.1, 0.15) is 0 Å². The summed E-state index contributed by atoms with van der Waals surface area (Å²) in [7, 11) is -1.19. The van der Waals surface area contributed by atoms with Crippen molar-refractivity contribution < 1.29 is 13.9 Å². The molecule has 1 aromatic rings. The Hall–Kier alpha value is -1.56. The number of nitro benzene ring substituents is 1. The normalized spacial score (nSPS) is 13.9. The third kappa shape index (κ3) is 3.73. The predicted molar refractivity (Wildman–Crippen MR) is 70.2 cm³/mol. The van der Waals surface area contributed by atoms with E-state index in [1.807, 2.05) is 13.8 Å². The summed E-state index contributed by atoms with van der Waals surface area (Å²) in [5.41, 5.74) is 0.298. The maximum absolute atomic E-state index is 11.8. The molecular weight excluding hydrogens is 254 g/mol. The smallest absolute Gasteiger partial charge is 0.269 e. The molecule has 0 fully saturated rings. The van der Waals surface area contributed by atoms with E-state index in [0.29, 0.717) is 5.56 Å². The molecule has 0 bridgehead atoms. The lowest BCUT2D eigenvalue weighted by molar-refractivity contribution is -0.384. The first kappa shape index (κ1) is 14.5. The summed E-state index contributed by atoms with van der Waals surface area (Å²) in [5.74, 6) is -0.282. The molecule has 0 aromatic heterocycles. The molecule has 5 nitrogen and oxygen atoms in total. The minimum atomic E-state index is -1.19. The number of ketones is 1. The Labute approximate surface area is 108 Å². The minimum Gasteiger partial charge on any atom is -0.293 e. The number of nitro groups is 1. The molecule has 0 aliphatic heterocycles. The van der Waals surface area contributed by atoms with E-state index in [1.165, 1.54) is 24.3 Å². The maximum Gasteiger partial charge on any atom is 0.269 e. The molecule has 1 aromatic carbocycles. The summed E-state index contributed by atoms with van der Waals surface area (Å²) in [5, 5.41) is 10.4. The number of nitrogens with zero attached hydrogens (tertiary/aromatic N) is 1. The fourth-order valence-corrected chi connectivity index (χ4v) is 2.39. The molecule has 6 heteroatoms. The van der Waals surface area contributed by atoms with Gasteiger partial charge in [-0.3, -0.25) is 19.1 Å². The van der Waals surface area contributed by atoms with Crippen LogP contribution in [0.5, 0.6) is 0 Å². The minimum absolute atomic E-state index is 0.0213. The van der Waals surface area contributed by atoms with Crippen molar-refractivity contribution in [1.82, 2.24) is 0 Å². The van der Waals surface area contributed by atoms with Crippen molar-refractivity contribution in [2.45, 2.75) is 25.5 Å². The Morgan fingerprint density at radius 1 is 1.39 bits per heavy atom. The van der Waals surface area contributed by atoms with Gasteiger partial charge in [0.25, 0.3) is 5.69 Å². The summed E-state index contributed by atoms with van der Waals surface area (Å²) >= 11 is 0. The second kappa shape index (κ2) is 6.39. The fourth-order valence-electron chi connectivity index (χ4n) is 1.31. The first-order valence-corrected chi connectivity index (χ1v) is 6.98. The van der Waals surface area contributed by atoms with Crippen LogP contribution in [0.3, 0.4) is 0 Å². The van der Waals surface area contributed by atoms with Crippen LogP contribution in [0.1, 0.15) is 30.6 Å². The van der Waals surface area contributed by atoms with Gasteiger partial charge in [-0.15, -0.1) is 0 Å². The Morgan fingerprint density at radius 3 is 2.39 bits per heavy atom. The van der Waals surface area contributed by atoms with Gasteiger partial charge in [-0.05, 0) is 18.6 Å². The van der Waals surface area contributed by atoms with Gasteiger partial charge < -0.3 is 0 Å². The van der Waals surface area contributed by atoms with Gasteiger partial charge in [0.2, 0.25) is 0 Å². The van der Waals surface area contributed by atoms with E-state index in [1.54, 1.807) is 0 Å². The van der Waals surface area contributed by atoms with Crippen LogP contribution in [0.15, 0.2) is 24.3 Å². The molecule has 0 aliphatic carbocycles. The Kier molecular flexibility index (Phi) is 5.15. The van der Waals surface area contributed by atoms with Gasteiger partial charge >= 0.3 is 0 Å². The largest absolute Gasteiger partial charge is 0.293 e. The van der Waals surface area contributed by atoms with Crippen LogP contribution in [-0.4, -0.2) is 25.9 Å². The Morgan fingerprint density at radius 2 is 1.94 bits per heavy atom. The van der Waals surface area contributed by atoms with Crippen LogP contribution in [-0.2, 0) is 10.8 Å². The molecule has 0 heterocycles. The van der Waals surface area contributed by atoms with Crippen LogP contribution < -0.4 is 0 Å². The number of carbonyl (C=O) groups is 1. The molecule has 0 N–H and O–H groups in total. The highest BCUT2D eigenvalue weighted by molar-refractivity contribution is 7.86. The van der Waals surface area contributed by atoms with Gasteiger partial charge in [0.15, 0.2) is 5.78 Å². The lowest BCUT2D eigenvalue weighted by Crippen LogP contribution is -2.19. The highest BCUT2D eigenvalue weighted by atomic mass is 32.2. The lowest BCUT2D eigenvalue weighted by Gasteiger charge is -2.07. The SMILES string of the molecule is CCC(C)S(=O)CC(=O)c1ccc([N+](=O)[O-])cc1. The third-order valence-electron chi connectivity index (χ3n) is 2.70. The van der Waals surface area contributed by atoms with Crippen molar-refractivity contribution >= 4 is 22.3 Å². The van der Waals surface area contributed by atoms with E-state index >= 15 is 0 Å². The number of Topliss-reactive ketones (excluding diaryl/α,β-unsaturated/α-hetero) is 1. The zero-order valence-corrected chi connectivity index (χ0v) is 11.1. The summed E-state index contributed by atoms with van der Waals surface area (Å²) in [6.45, 7) is 3.75. The maximum atomic E-state index is 11.8. The lowest BCUT2D eigenvalue weighted by atomic mass is 10.1. The van der Waals surface area contributed by atoms with E-state index in [9.17, 15) is 19.1 Å². The number of benzene rings is 1. The Bertz CT molecular complexity index is 469. The molecule has 2 unspecified atom stereocenters. The Balaban J connectivity index is 2.73. The van der Waals surface area contributed by atoms with Crippen molar-refractivity contribution in [2.24, 2.45) is 0 Å². The molecule has 2 atom stereocenters. The molecule has 0 radical (unpaired) electrons. The van der Waals surface area contributed by atoms with E-state index in [0.717, 1.165) is 6.42 Å². The molecule has 0 spiro atoms. The standard InChI is InChI=1S/C12H15NO4S/c1-3-9(2)18(17)8-12(14)10-4-6-11(7-5-10)13(15)16/h4-7,9H,3,8H2,1-2H3. The number of hydrogen-bond donors (Lipinski definition) is 0. The van der Waals surface area contributed by atoms with E-state index in [2.05, 4.69) is 0 Å². The molecule has 0 saturated heterocycles. The molecule has 98 valence electrons. The summed E-state index contributed by atoms with van der Waals surface area (Å²) in [6, 6.07) is 5.35. The van der Waals surface area contributed by atoms with E-state index in [4.69, 9.17) is 0 Å². The average molecular weight is 269 g/mol. The van der Waals surface area contributed by atoms with Crippen LogP contribution in [0.2, 0.25) is 0 Å². The van der Waals surface area contributed by atoms with Crippen molar-refractivity contribution in [2.75, 3.05) is 5.75 Å². The highest BCUT2D eigenvalue weighted by Gasteiger charge is 2.15. The van der Waals surface area contributed by atoms with Crippen LogP contribution in [0.4, 0.5) is 5.69 Å². The van der Waals surface area contributed by atoms with Crippen molar-refractivity contribution in [3.05, 3.63) is 39.9 Å². The van der Waals surface area contributed by atoms with Crippen LogP contribution in [0.25, 0.3) is 0 Å².